The van der Waals surface area contributed by atoms with Gasteiger partial charge in [-0.05, 0) is 77.0 Å². The van der Waals surface area contributed by atoms with Gasteiger partial charge in [-0.3, -0.25) is 9.59 Å². The van der Waals surface area contributed by atoms with Crippen molar-refractivity contribution in [3.8, 4) is 0 Å². The monoisotopic (exact) mass is 1180 g/mol. The first-order valence-corrected chi connectivity index (χ1v) is 38.6. The van der Waals surface area contributed by atoms with Crippen LogP contribution >= 0.6 is 0 Å². The number of esters is 1. The zero-order chi connectivity index (χ0) is 60.6. The second-order valence-corrected chi connectivity index (χ2v) is 26.7. The van der Waals surface area contributed by atoms with Crippen molar-refractivity contribution in [3.05, 3.63) is 24.3 Å². The van der Waals surface area contributed by atoms with E-state index in [2.05, 4.69) is 43.5 Å². The molecule has 2 atom stereocenters. The number of rotatable bonds is 73. The molecule has 84 heavy (non-hydrogen) atoms. The van der Waals surface area contributed by atoms with E-state index in [1.807, 2.05) is 0 Å². The quantitative estimate of drug-likeness (QED) is 0.0320. The van der Waals surface area contributed by atoms with E-state index in [4.69, 9.17) is 4.74 Å². The van der Waals surface area contributed by atoms with Crippen molar-refractivity contribution in [1.82, 2.24) is 5.32 Å². The lowest BCUT2D eigenvalue weighted by atomic mass is 10.0. The van der Waals surface area contributed by atoms with Gasteiger partial charge in [0.1, 0.15) is 0 Å². The second-order valence-electron chi connectivity index (χ2n) is 26.7. The lowest BCUT2D eigenvalue weighted by Crippen LogP contribution is -2.45. The SMILES string of the molecule is CCCCC/C=C\CCCCCCCC(=O)OCCCCCCCCCCCCCC/C=C\CCCCCCCCCCCCCCCCC(=O)NC(CO)C(O)CCCCCCCCCCCCCCCCCCCCCCCCCCC. The van der Waals surface area contributed by atoms with E-state index in [1.165, 1.54) is 360 Å². The first-order chi connectivity index (χ1) is 41.5. The number of carbonyl (C=O) groups excluding carboxylic acids is 2. The van der Waals surface area contributed by atoms with Crippen molar-refractivity contribution in [2.45, 2.75) is 450 Å². The number of aliphatic hydroxyl groups excluding tert-OH is 2. The lowest BCUT2D eigenvalue weighted by molar-refractivity contribution is -0.143. The van der Waals surface area contributed by atoms with Gasteiger partial charge in [-0.1, -0.05) is 372 Å². The molecule has 0 aliphatic heterocycles. The maximum absolute atomic E-state index is 12.6. The van der Waals surface area contributed by atoms with Crippen LogP contribution in [0.3, 0.4) is 0 Å². The molecule has 0 aliphatic carbocycles. The molecule has 6 nitrogen and oxygen atoms in total. The summed E-state index contributed by atoms with van der Waals surface area (Å²) in [5, 5.41) is 23.5. The number of hydrogen-bond acceptors (Lipinski definition) is 5. The lowest BCUT2D eigenvalue weighted by Gasteiger charge is -2.22. The minimum Gasteiger partial charge on any atom is -0.466 e. The van der Waals surface area contributed by atoms with Gasteiger partial charge in [0.15, 0.2) is 0 Å². The molecule has 3 N–H and O–H groups in total. The molecule has 0 aromatic rings. The molecule has 0 radical (unpaired) electrons. The van der Waals surface area contributed by atoms with Crippen molar-refractivity contribution in [2.24, 2.45) is 0 Å². The molecule has 0 fully saturated rings. The van der Waals surface area contributed by atoms with Gasteiger partial charge in [0.05, 0.1) is 25.4 Å². The van der Waals surface area contributed by atoms with E-state index < -0.39 is 12.1 Å². The van der Waals surface area contributed by atoms with E-state index in [-0.39, 0.29) is 18.5 Å². The van der Waals surface area contributed by atoms with Gasteiger partial charge in [-0.15, -0.1) is 0 Å². The van der Waals surface area contributed by atoms with Crippen LogP contribution < -0.4 is 5.32 Å². The van der Waals surface area contributed by atoms with Crippen LogP contribution in [0.15, 0.2) is 24.3 Å². The van der Waals surface area contributed by atoms with Gasteiger partial charge in [0, 0.05) is 12.8 Å². The summed E-state index contributed by atoms with van der Waals surface area (Å²) in [6.45, 7) is 4.97. The topological polar surface area (TPSA) is 95.9 Å². The third-order valence-electron chi connectivity index (χ3n) is 18.2. The summed E-state index contributed by atoms with van der Waals surface area (Å²) < 4.78 is 5.48. The number of nitrogens with one attached hydrogen (secondary N) is 1. The number of aliphatic hydroxyl groups is 2. The van der Waals surface area contributed by atoms with Crippen molar-refractivity contribution in [2.75, 3.05) is 13.2 Å². The molecule has 0 aromatic carbocycles. The van der Waals surface area contributed by atoms with E-state index in [1.54, 1.807) is 0 Å². The summed E-state index contributed by atoms with van der Waals surface area (Å²) >= 11 is 0. The van der Waals surface area contributed by atoms with Gasteiger partial charge in [0.25, 0.3) is 0 Å². The zero-order valence-electron chi connectivity index (χ0n) is 57.2. The summed E-state index contributed by atoms with van der Waals surface area (Å²) in [6.07, 6.45) is 94.0. The predicted octanol–water partition coefficient (Wildman–Crippen LogP) is 25.3. The van der Waals surface area contributed by atoms with Gasteiger partial charge in [0.2, 0.25) is 5.91 Å². The van der Waals surface area contributed by atoms with E-state index in [0.29, 0.717) is 25.9 Å². The highest BCUT2D eigenvalue weighted by Gasteiger charge is 2.20. The molecule has 0 spiro atoms. The van der Waals surface area contributed by atoms with Crippen LogP contribution in [-0.4, -0.2) is 47.4 Å². The zero-order valence-corrected chi connectivity index (χ0v) is 57.2. The summed E-state index contributed by atoms with van der Waals surface area (Å²) in [5.41, 5.74) is 0. The Morgan fingerprint density at radius 1 is 0.321 bits per heavy atom. The van der Waals surface area contributed by atoms with Crippen molar-refractivity contribution in [3.63, 3.8) is 0 Å². The molecule has 6 heteroatoms. The summed E-state index contributed by atoms with van der Waals surface area (Å²) in [6, 6.07) is -0.542. The minimum absolute atomic E-state index is 0.00786. The number of carbonyl (C=O) groups is 2. The summed E-state index contributed by atoms with van der Waals surface area (Å²) in [4.78, 5) is 24.6. The average Bonchev–Trinajstić information content (AvgIpc) is 3.51. The molecule has 0 heterocycles. The second kappa shape index (κ2) is 73.8. The number of hydrogen-bond donors (Lipinski definition) is 3. The Labute approximate surface area is 526 Å². The predicted molar refractivity (Wildman–Crippen MR) is 370 cm³/mol. The fraction of sp³-hybridized carbons (Fsp3) is 0.923. The third-order valence-corrected chi connectivity index (χ3v) is 18.2. The largest absolute Gasteiger partial charge is 0.466 e. The van der Waals surface area contributed by atoms with Crippen molar-refractivity contribution < 1.29 is 24.5 Å². The number of unbranched alkanes of at least 4 members (excludes halogenated alkanes) is 58. The standard InChI is InChI=1S/C78H151NO5/c1-3-5-7-9-11-13-15-17-18-19-20-21-22-29-32-35-38-41-44-47-50-54-58-62-66-70-76(81)75(74-80)79-77(82)71-67-63-59-55-51-48-45-42-39-36-33-30-27-25-23-24-26-28-31-34-37-40-43-46-49-53-57-61-65-69-73-84-78(83)72-68-64-60-56-52-16-14-12-10-8-6-4-2/h12,14,24,26,75-76,80-81H,3-11,13,15-23,25,27-74H2,1-2H3,(H,79,82)/b14-12-,26-24-. The van der Waals surface area contributed by atoms with E-state index >= 15 is 0 Å². The molecular weight excluding hydrogens is 1030 g/mol. The Kier molecular flexibility index (Phi) is 72.3. The maximum Gasteiger partial charge on any atom is 0.305 e. The van der Waals surface area contributed by atoms with Crippen LogP contribution in [0.2, 0.25) is 0 Å². The average molecular weight is 1180 g/mol. The Hall–Kier alpha value is -1.66. The first kappa shape index (κ1) is 82.3. The number of amides is 1. The molecule has 0 bridgehead atoms. The molecule has 0 saturated heterocycles. The van der Waals surface area contributed by atoms with Crippen LogP contribution in [0.25, 0.3) is 0 Å². The molecule has 498 valence electrons. The Morgan fingerprint density at radius 3 is 0.869 bits per heavy atom. The molecule has 0 aliphatic rings. The van der Waals surface area contributed by atoms with Crippen LogP contribution in [0.1, 0.15) is 438 Å². The van der Waals surface area contributed by atoms with Crippen LogP contribution in [0.5, 0.6) is 0 Å². The Morgan fingerprint density at radius 2 is 0.560 bits per heavy atom. The normalized spacial score (nSPS) is 12.6. The van der Waals surface area contributed by atoms with Crippen molar-refractivity contribution >= 4 is 11.9 Å². The third kappa shape index (κ3) is 69.4. The number of ether oxygens (including phenoxy) is 1. The summed E-state index contributed by atoms with van der Waals surface area (Å²) in [7, 11) is 0. The minimum atomic E-state index is -0.665. The van der Waals surface area contributed by atoms with Crippen LogP contribution in [0, 0.1) is 0 Å². The molecule has 0 aromatic heterocycles. The first-order valence-electron chi connectivity index (χ1n) is 38.6. The fourth-order valence-electron chi connectivity index (χ4n) is 12.3. The van der Waals surface area contributed by atoms with Crippen LogP contribution in [-0.2, 0) is 14.3 Å². The molecule has 0 rings (SSSR count). The van der Waals surface area contributed by atoms with E-state index in [0.717, 1.165) is 44.9 Å². The van der Waals surface area contributed by atoms with Gasteiger partial charge in [-0.2, -0.15) is 0 Å². The van der Waals surface area contributed by atoms with Gasteiger partial charge >= 0.3 is 5.97 Å². The van der Waals surface area contributed by atoms with Crippen molar-refractivity contribution in [1.29, 1.82) is 0 Å². The summed E-state index contributed by atoms with van der Waals surface area (Å²) in [5.74, 6) is -0.0200. The Balaban J connectivity index is 3.37. The highest BCUT2D eigenvalue weighted by atomic mass is 16.5. The smallest absolute Gasteiger partial charge is 0.305 e. The molecule has 2 unspecified atom stereocenters. The number of allylic oxidation sites excluding steroid dienone is 4. The molecule has 0 saturated carbocycles. The highest BCUT2D eigenvalue weighted by molar-refractivity contribution is 5.76. The van der Waals surface area contributed by atoms with Gasteiger partial charge < -0.3 is 20.3 Å². The Bertz CT molecular complexity index is 1320. The van der Waals surface area contributed by atoms with Crippen LogP contribution in [0.4, 0.5) is 0 Å². The molecular formula is C78H151NO5. The highest BCUT2D eigenvalue weighted by Crippen LogP contribution is 2.20. The van der Waals surface area contributed by atoms with Gasteiger partial charge in [-0.25, -0.2) is 0 Å². The molecule has 1 amide bonds. The fourth-order valence-corrected chi connectivity index (χ4v) is 12.3. The maximum atomic E-state index is 12.6. The van der Waals surface area contributed by atoms with E-state index in [9.17, 15) is 19.8 Å².